The van der Waals surface area contributed by atoms with E-state index in [-0.39, 0.29) is 89.9 Å². The average molecular weight is 542 g/mol. The van der Waals surface area contributed by atoms with E-state index >= 15 is 0 Å². The monoisotopic (exact) mass is 541 g/mol. The van der Waals surface area contributed by atoms with Gasteiger partial charge < -0.3 is 25.2 Å². The van der Waals surface area contributed by atoms with Crippen LogP contribution in [0.2, 0.25) is 0 Å². The minimum absolute atomic E-state index is 0. The van der Waals surface area contributed by atoms with Crippen molar-refractivity contribution in [2.24, 2.45) is 46.3 Å². The van der Waals surface area contributed by atoms with Crippen LogP contribution in [0.15, 0.2) is 0 Å². The average Bonchev–Trinajstić information content (AvgIpc) is 3.15. The largest absolute Gasteiger partial charge is 1.00 e. The number of aliphatic hydroxyl groups is 3. The van der Waals surface area contributed by atoms with E-state index in [1.807, 2.05) is 6.92 Å². The summed E-state index contributed by atoms with van der Waals surface area (Å²) in [5, 5.41) is 35.8. The molecule has 8 nitrogen and oxygen atoms in total. The third kappa shape index (κ3) is 5.74. The molecule has 0 heterocycles. The van der Waals surface area contributed by atoms with Gasteiger partial charge in [-0.1, -0.05) is 20.8 Å². The number of hydrogen-bond donors (Lipinski definition) is 4. The summed E-state index contributed by atoms with van der Waals surface area (Å²) >= 11 is 0. The number of hydrogen-bond acceptors (Lipinski definition) is 7. The number of carbonyl (C=O) groups is 1. The Morgan fingerprint density at radius 1 is 1.08 bits per heavy atom. The predicted molar refractivity (Wildman–Crippen MR) is 130 cm³/mol. The first-order valence-corrected chi connectivity index (χ1v) is 14.6. The van der Waals surface area contributed by atoms with Gasteiger partial charge in [-0.25, -0.2) is 8.42 Å². The van der Waals surface area contributed by atoms with Gasteiger partial charge in [-0.05, 0) is 97.6 Å². The number of fused-ring (bicyclic) bond motifs is 5. The van der Waals surface area contributed by atoms with Gasteiger partial charge in [0.1, 0.15) is 0 Å². The van der Waals surface area contributed by atoms with Crippen LogP contribution in [0.25, 0.3) is 0 Å². The molecule has 11 atom stereocenters. The van der Waals surface area contributed by atoms with Crippen molar-refractivity contribution in [1.29, 1.82) is 0 Å². The quantitative estimate of drug-likeness (QED) is 0.240. The van der Waals surface area contributed by atoms with Crippen molar-refractivity contribution < 1.29 is 68.1 Å². The Balaban J connectivity index is 0.00000441. The maximum absolute atomic E-state index is 12.2. The Kier molecular flexibility index (Phi) is 7.99. The molecule has 4 aliphatic carbocycles. The van der Waals surface area contributed by atoms with E-state index in [4.69, 9.17) is 5.48 Å². The number of aliphatic hydroxyl groups excluding tert-OH is 3. The molecule has 10 heteroatoms. The van der Waals surface area contributed by atoms with Crippen LogP contribution in [0.4, 0.5) is 0 Å². The smallest absolute Gasteiger partial charge is 0.748 e. The van der Waals surface area contributed by atoms with Crippen LogP contribution in [0, 0.1) is 46.3 Å². The minimum atomic E-state index is -4.39. The van der Waals surface area contributed by atoms with Gasteiger partial charge in [0.25, 0.3) is 0 Å². The van der Waals surface area contributed by atoms with Crippen LogP contribution in [-0.2, 0) is 14.9 Å². The van der Waals surface area contributed by atoms with Crippen molar-refractivity contribution in [3.05, 3.63) is 0 Å². The fourth-order valence-corrected chi connectivity index (χ4v) is 8.85. The van der Waals surface area contributed by atoms with E-state index in [9.17, 15) is 33.1 Å². The summed E-state index contributed by atoms with van der Waals surface area (Å²) in [5.74, 6) is -2.10. The molecule has 11 unspecified atom stereocenters. The van der Waals surface area contributed by atoms with Crippen LogP contribution >= 0.6 is 0 Å². The van der Waals surface area contributed by atoms with Crippen LogP contribution in [0.5, 0.6) is 0 Å². The molecule has 0 aromatic rings. The molecular formula is C26H44NNaO7S. The van der Waals surface area contributed by atoms with E-state index in [0.717, 1.165) is 19.3 Å². The summed E-state index contributed by atoms with van der Waals surface area (Å²) in [6.07, 6.45) is -5.18. The molecule has 36 heavy (non-hydrogen) atoms. The van der Waals surface area contributed by atoms with Gasteiger partial charge in [-0.2, -0.15) is 0 Å². The molecule has 4 N–H and O–H groups in total. The number of carbonyl (C=O) groups excluding carboxylic acids is 1. The van der Waals surface area contributed by atoms with Crippen molar-refractivity contribution in [2.45, 2.75) is 96.8 Å². The van der Waals surface area contributed by atoms with Crippen molar-refractivity contribution >= 4 is 16.0 Å². The van der Waals surface area contributed by atoms with Gasteiger partial charge in [-0.3, -0.25) is 4.79 Å². The molecule has 0 aromatic heterocycles. The standard InChI is InChI=1S/C26H45NO7S.Na/c1-15(4-7-21(29)27-12-13-35(32,33)34)17-5-6-18-22-19(9-11-25(17,18)2)26(3)10-8-16(28)14-20(26)23(30)24(22)31;/h15-20,22-24,28,30-31H,4-14H2,1-3H3,(H,27,29)(H,32,33,34);/q;+1/p-1/i8D2,14D2;. The normalized spacial score (nSPS) is 49.4. The Hall–Kier alpha value is 0.260. The van der Waals surface area contributed by atoms with Gasteiger partial charge in [-0.15, -0.1) is 0 Å². The maximum Gasteiger partial charge on any atom is 1.00 e. The van der Waals surface area contributed by atoms with Crippen LogP contribution in [-0.4, -0.2) is 64.8 Å². The SMILES string of the molecule is [2H]C1([2H])CC2(C)C3CCC4(C)C(C(C)CCC(=O)NCCS(=O)(=O)[O-])CCC4C3C(O)C(O)C2C([2H])([2H])C1O.[Na+]. The first-order chi connectivity index (χ1) is 17.8. The summed E-state index contributed by atoms with van der Waals surface area (Å²) in [6.45, 7) is 5.92. The molecule has 0 spiro atoms. The van der Waals surface area contributed by atoms with E-state index < -0.39 is 58.3 Å². The zero-order valence-electron chi connectivity index (χ0n) is 25.9. The molecule has 4 aliphatic rings. The molecule has 4 fully saturated rings. The second-order valence-electron chi connectivity index (χ2n) is 12.1. The van der Waals surface area contributed by atoms with Gasteiger partial charge >= 0.3 is 29.6 Å². The molecule has 0 aliphatic heterocycles. The molecular weight excluding hydrogens is 493 g/mol. The van der Waals surface area contributed by atoms with E-state index in [2.05, 4.69) is 19.2 Å². The fourth-order valence-electron chi connectivity index (χ4n) is 8.50. The van der Waals surface area contributed by atoms with Crippen LogP contribution in [0.1, 0.15) is 83.9 Å². The number of nitrogens with one attached hydrogen (secondary N) is 1. The van der Waals surface area contributed by atoms with E-state index in [1.165, 1.54) is 0 Å². The van der Waals surface area contributed by atoms with Gasteiger partial charge in [0.15, 0.2) is 0 Å². The van der Waals surface area contributed by atoms with E-state index in [0.29, 0.717) is 12.8 Å². The fraction of sp³-hybridized carbons (Fsp3) is 0.962. The summed E-state index contributed by atoms with van der Waals surface area (Å²) in [5.41, 5.74) is -1.11. The number of rotatable bonds is 7. The third-order valence-corrected chi connectivity index (χ3v) is 11.0. The molecule has 0 aromatic carbocycles. The minimum Gasteiger partial charge on any atom is -0.748 e. The zero-order valence-corrected chi connectivity index (χ0v) is 24.8. The summed E-state index contributed by atoms with van der Waals surface area (Å²) < 4.78 is 66.4. The van der Waals surface area contributed by atoms with Crippen LogP contribution in [0.3, 0.4) is 0 Å². The number of amides is 1. The van der Waals surface area contributed by atoms with Gasteiger partial charge in [0, 0.05) is 18.4 Å². The summed E-state index contributed by atoms with van der Waals surface area (Å²) in [7, 11) is -4.39. The first kappa shape index (κ1) is 25.2. The zero-order chi connectivity index (χ0) is 29.3. The second-order valence-corrected chi connectivity index (χ2v) is 13.6. The predicted octanol–water partition coefficient (Wildman–Crippen LogP) is -0.970. The third-order valence-electron chi connectivity index (χ3n) is 10.3. The molecule has 0 radical (unpaired) electrons. The molecule has 0 bridgehead atoms. The van der Waals surface area contributed by atoms with Gasteiger partial charge in [0.2, 0.25) is 5.91 Å². The molecule has 4 rings (SSSR count). The second kappa shape index (κ2) is 11.4. The van der Waals surface area contributed by atoms with E-state index in [1.54, 1.807) is 0 Å². The van der Waals surface area contributed by atoms with Crippen molar-refractivity contribution in [1.82, 2.24) is 5.32 Å². The molecule has 1 amide bonds. The Morgan fingerprint density at radius 3 is 2.42 bits per heavy atom. The Morgan fingerprint density at radius 2 is 1.75 bits per heavy atom. The van der Waals surface area contributed by atoms with Crippen molar-refractivity contribution in [3.8, 4) is 0 Å². The van der Waals surface area contributed by atoms with Gasteiger partial charge in [0.05, 0.1) is 34.2 Å². The maximum atomic E-state index is 12.2. The summed E-state index contributed by atoms with van der Waals surface area (Å²) in [4.78, 5) is 12.2. The van der Waals surface area contributed by atoms with Crippen molar-refractivity contribution in [2.75, 3.05) is 12.3 Å². The molecule has 4 saturated carbocycles. The first-order valence-electron chi connectivity index (χ1n) is 15.0. The molecule has 202 valence electrons. The van der Waals surface area contributed by atoms with Crippen molar-refractivity contribution in [3.63, 3.8) is 0 Å². The molecule has 0 saturated heterocycles. The Labute approximate surface area is 244 Å². The summed E-state index contributed by atoms with van der Waals surface area (Å²) in [6, 6.07) is 0. The Bertz CT molecular complexity index is 1070. The topological polar surface area (TPSA) is 147 Å². The van der Waals surface area contributed by atoms with Crippen LogP contribution < -0.4 is 34.9 Å².